The van der Waals surface area contributed by atoms with Crippen LogP contribution >= 0.6 is 23.2 Å². The molecule has 3 aromatic rings. The van der Waals surface area contributed by atoms with Crippen LogP contribution in [0.1, 0.15) is 66.7 Å². The number of aliphatic imine (C=N–C) groups is 1. The maximum absolute atomic E-state index is 12.0. The smallest absolute Gasteiger partial charge is 0.218 e. The van der Waals surface area contributed by atoms with Gasteiger partial charge in [0.05, 0.1) is 6.04 Å². The van der Waals surface area contributed by atoms with Gasteiger partial charge in [-0.15, -0.1) is 0 Å². The fraction of sp³-hybridized carbons (Fsp3) is 0.412. The number of likely N-dealkylation sites (N-methyl/N-ethyl adjacent to an activating group) is 1. The first-order chi connectivity index (χ1) is 20.2. The number of carbonyl (C=O) groups excluding carboxylic acids is 1. The summed E-state index contributed by atoms with van der Waals surface area (Å²) in [5, 5.41) is 4.74. The number of benzene rings is 3. The summed E-state index contributed by atoms with van der Waals surface area (Å²) in [6, 6.07) is 22.5. The highest BCUT2D eigenvalue weighted by molar-refractivity contribution is 6.35. The molecule has 0 aliphatic heterocycles. The number of carbonyl (C=O) groups is 1. The summed E-state index contributed by atoms with van der Waals surface area (Å²) in [7, 11) is 4.20. The van der Waals surface area contributed by atoms with E-state index in [9.17, 15) is 4.79 Å². The van der Waals surface area contributed by atoms with Crippen LogP contribution in [0.5, 0.6) is 0 Å². The van der Waals surface area contributed by atoms with Crippen molar-refractivity contribution in [1.29, 1.82) is 0 Å². The van der Waals surface area contributed by atoms with Crippen LogP contribution in [0.4, 0.5) is 5.69 Å². The molecule has 1 unspecified atom stereocenters. The molecule has 0 heterocycles. The topological polar surface area (TPSA) is 74.0 Å². The molecule has 4 rings (SSSR count). The largest absolute Gasteiger partial charge is 0.370 e. The molecule has 0 saturated heterocycles. The monoisotopic (exact) mass is 607 g/mol. The summed E-state index contributed by atoms with van der Waals surface area (Å²) in [5.74, 6) is 0.240. The highest BCUT2D eigenvalue weighted by Crippen LogP contribution is 2.35. The van der Waals surface area contributed by atoms with Gasteiger partial charge >= 0.3 is 0 Å². The van der Waals surface area contributed by atoms with Crippen LogP contribution in [0.2, 0.25) is 10.0 Å². The minimum absolute atomic E-state index is 0.150. The molecule has 0 aromatic heterocycles. The summed E-state index contributed by atoms with van der Waals surface area (Å²) in [4.78, 5) is 21.9. The van der Waals surface area contributed by atoms with Crippen LogP contribution in [0, 0.1) is 6.92 Å². The lowest BCUT2D eigenvalue weighted by Crippen LogP contribution is -2.41. The SMILES string of the molecule is Cc1ccc(CN(CCN(C)C)C(=NC2CCCCC2)Nc2ccc(C(CC(N)=O)c3ccc(Cl)cc3Cl)cc2)cc1. The average Bonchev–Trinajstić information content (AvgIpc) is 2.96. The Morgan fingerprint density at radius 3 is 2.29 bits per heavy atom. The summed E-state index contributed by atoms with van der Waals surface area (Å²) < 4.78 is 0. The fourth-order valence-corrected chi connectivity index (χ4v) is 5.93. The molecule has 0 spiro atoms. The number of amides is 1. The van der Waals surface area contributed by atoms with Crippen LogP contribution in [0.3, 0.4) is 0 Å². The van der Waals surface area contributed by atoms with Gasteiger partial charge in [0.2, 0.25) is 5.91 Å². The van der Waals surface area contributed by atoms with E-state index >= 15 is 0 Å². The molecule has 1 saturated carbocycles. The van der Waals surface area contributed by atoms with E-state index in [2.05, 4.69) is 60.4 Å². The minimum atomic E-state index is -0.386. The number of hydrogen-bond acceptors (Lipinski definition) is 3. The molecule has 3 aromatic carbocycles. The highest BCUT2D eigenvalue weighted by atomic mass is 35.5. The van der Waals surface area contributed by atoms with Gasteiger partial charge in [-0.2, -0.15) is 0 Å². The molecule has 224 valence electrons. The van der Waals surface area contributed by atoms with E-state index in [-0.39, 0.29) is 18.2 Å². The zero-order valence-corrected chi connectivity index (χ0v) is 26.5. The molecule has 1 amide bonds. The molecule has 0 bridgehead atoms. The van der Waals surface area contributed by atoms with Crippen molar-refractivity contribution >= 4 is 40.8 Å². The number of halogens is 2. The summed E-state index contributed by atoms with van der Waals surface area (Å²) in [6.07, 6.45) is 6.12. The number of nitrogens with two attached hydrogens (primary N) is 1. The first-order valence-electron chi connectivity index (χ1n) is 14.8. The van der Waals surface area contributed by atoms with Gasteiger partial charge in [0.15, 0.2) is 5.96 Å². The highest BCUT2D eigenvalue weighted by Gasteiger charge is 2.21. The predicted molar refractivity (Wildman–Crippen MR) is 177 cm³/mol. The van der Waals surface area contributed by atoms with E-state index < -0.39 is 0 Å². The van der Waals surface area contributed by atoms with Gasteiger partial charge in [-0.3, -0.25) is 4.79 Å². The normalized spacial score (nSPS) is 15.0. The van der Waals surface area contributed by atoms with Crippen LogP contribution in [-0.2, 0) is 11.3 Å². The predicted octanol–water partition coefficient (Wildman–Crippen LogP) is 7.47. The second kappa shape index (κ2) is 15.4. The van der Waals surface area contributed by atoms with Crippen molar-refractivity contribution < 1.29 is 4.79 Å². The van der Waals surface area contributed by atoms with Crippen molar-refractivity contribution in [3.8, 4) is 0 Å². The van der Waals surface area contributed by atoms with Gasteiger partial charge in [-0.1, -0.05) is 90.5 Å². The third kappa shape index (κ3) is 9.48. The Balaban J connectivity index is 1.63. The van der Waals surface area contributed by atoms with E-state index in [1.807, 2.05) is 30.3 Å². The Morgan fingerprint density at radius 1 is 0.976 bits per heavy atom. The second-order valence-electron chi connectivity index (χ2n) is 11.6. The number of nitrogens with one attached hydrogen (secondary N) is 1. The van der Waals surface area contributed by atoms with Crippen LogP contribution in [0.15, 0.2) is 71.7 Å². The third-order valence-electron chi connectivity index (χ3n) is 7.80. The van der Waals surface area contributed by atoms with E-state index in [0.29, 0.717) is 16.1 Å². The van der Waals surface area contributed by atoms with Crippen LogP contribution in [0.25, 0.3) is 0 Å². The van der Waals surface area contributed by atoms with Crippen molar-refractivity contribution in [3.05, 3.63) is 99.0 Å². The van der Waals surface area contributed by atoms with Gasteiger partial charge in [0.25, 0.3) is 0 Å². The first-order valence-corrected chi connectivity index (χ1v) is 15.6. The molecule has 8 heteroatoms. The van der Waals surface area contributed by atoms with Gasteiger partial charge in [0.1, 0.15) is 0 Å². The maximum atomic E-state index is 12.0. The van der Waals surface area contributed by atoms with Crippen molar-refractivity contribution in [2.24, 2.45) is 10.7 Å². The van der Waals surface area contributed by atoms with Gasteiger partial charge in [0, 0.05) is 47.7 Å². The number of rotatable bonds is 11. The van der Waals surface area contributed by atoms with Gasteiger partial charge < -0.3 is 20.9 Å². The first kappa shape index (κ1) is 31.9. The molecule has 3 N–H and O–H groups in total. The van der Waals surface area contributed by atoms with Gasteiger partial charge in [-0.25, -0.2) is 4.99 Å². The quantitative estimate of drug-likeness (QED) is 0.175. The van der Waals surface area contributed by atoms with Crippen molar-refractivity contribution in [3.63, 3.8) is 0 Å². The molecule has 1 aliphatic rings. The second-order valence-corrected chi connectivity index (χ2v) is 12.4. The van der Waals surface area contributed by atoms with E-state index in [4.69, 9.17) is 33.9 Å². The van der Waals surface area contributed by atoms with Crippen LogP contribution in [-0.4, -0.2) is 54.9 Å². The average molecular weight is 609 g/mol. The van der Waals surface area contributed by atoms with Crippen molar-refractivity contribution in [1.82, 2.24) is 9.80 Å². The van der Waals surface area contributed by atoms with Crippen LogP contribution < -0.4 is 11.1 Å². The molecule has 0 radical (unpaired) electrons. The lowest BCUT2D eigenvalue weighted by molar-refractivity contribution is -0.118. The molecule has 42 heavy (non-hydrogen) atoms. The summed E-state index contributed by atoms with van der Waals surface area (Å²) in [6.45, 7) is 4.63. The Kier molecular flexibility index (Phi) is 11.7. The number of aryl methyl sites for hydroxylation is 1. The Bertz CT molecular complexity index is 1340. The zero-order valence-electron chi connectivity index (χ0n) is 25.0. The van der Waals surface area contributed by atoms with Gasteiger partial charge in [-0.05, 0) is 74.8 Å². The number of hydrogen-bond donors (Lipinski definition) is 2. The zero-order chi connectivity index (χ0) is 30.1. The Morgan fingerprint density at radius 2 is 1.67 bits per heavy atom. The van der Waals surface area contributed by atoms with Crippen molar-refractivity contribution in [2.45, 2.75) is 64.0 Å². The van der Waals surface area contributed by atoms with Crippen molar-refractivity contribution in [2.75, 3.05) is 32.5 Å². The Labute approximate surface area is 260 Å². The third-order valence-corrected chi connectivity index (χ3v) is 8.37. The molecule has 1 fully saturated rings. The molecular formula is C34H43Cl2N5O. The number of nitrogens with zero attached hydrogens (tertiary/aromatic N) is 3. The molecule has 6 nitrogen and oxygen atoms in total. The lowest BCUT2D eigenvalue weighted by atomic mass is 9.88. The minimum Gasteiger partial charge on any atom is -0.370 e. The number of primary amides is 1. The summed E-state index contributed by atoms with van der Waals surface area (Å²) >= 11 is 12.7. The van der Waals surface area contributed by atoms with E-state index in [1.54, 1.807) is 12.1 Å². The standard InChI is InChI=1S/C34H43Cl2N5O/c1-24-9-11-25(12-10-24)23-41(20-19-40(2)3)34(38-28-7-5-4-6-8-28)39-29-16-13-26(14-17-29)31(22-33(37)42)30-18-15-27(35)21-32(30)36/h9-18,21,28,31H,4-8,19-20,22-23H2,1-3H3,(H2,37,42)(H,38,39). The Hall–Kier alpha value is -3.06. The fourth-order valence-electron chi connectivity index (χ4n) is 5.39. The number of anilines is 1. The maximum Gasteiger partial charge on any atom is 0.218 e. The lowest BCUT2D eigenvalue weighted by Gasteiger charge is -2.30. The van der Waals surface area contributed by atoms with E-state index in [1.165, 1.54) is 30.4 Å². The summed E-state index contributed by atoms with van der Waals surface area (Å²) in [5.41, 5.74) is 10.9. The van der Waals surface area contributed by atoms with E-state index in [0.717, 1.165) is 55.2 Å². The number of guanidine groups is 1. The molecule has 1 atom stereocenters. The molecule has 1 aliphatic carbocycles. The molecular weight excluding hydrogens is 565 g/mol.